The van der Waals surface area contributed by atoms with Crippen molar-refractivity contribution in [3.63, 3.8) is 0 Å². The van der Waals surface area contributed by atoms with Crippen molar-refractivity contribution in [3.05, 3.63) is 0 Å². The fraction of sp³-hybridized carbons (Fsp3) is 1.00. The van der Waals surface area contributed by atoms with Gasteiger partial charge in [-0.15, -0.1) is 0 Å². The van der Waals surface area contributed by atoms with E-state index in [0.717, 1.165) is 11.8 Å². The van der Waals surface area contributed by atoms with E-state index < -0.39 is 0 Å². The molecule has 0 aromatic rings. The summed E-state index contributed by atoms with van der Waals surface area (Å²) in [5.74, 6) is 1.95. The SMILES string of the molecule is CCN1CCC(CNCCC2CCCCC2)C1. The minimum Gasteiger partial charge on any atom is -0.316 e. The summed E-state index contributed by atoms with van der Waals surface area (Å²) in [7, 11) is 0. The molecule has 100 valence electrons. The first-order valence-electron chi connectivity index (χ1n) is 7.81. The summed E-state index contributed by atoms with van der Waals surface area (Å²) in [4.78, 5) is 2.58. The second-order valence-electron chi connectivity index (χ2n) is 6.04. The zero-order valence-corrected chi connectivity index (χ0v) is 11.6. The molecule has 0 aromatic carbocycles. The number of rotatable bonds is 6. The summed E-state index contributed by atoms with van der Waals surface area (Å²) < 4.78 is 0. The minimum atomic E-state index is 0.918. The summed E-state index contributed by atoms with van der Waals surface area (Å²) >= 11 is 0. The monoisotopic (exact) mass is 238 g/mol. The summed E-state index contributed by atoms with van der Waals surface area (Å²) in [6.07, 6.45) is 10.3. The van der Waals surface area contributed by atoms with Crippen LogP contribution in [0.5, 0.6) is 0 Å². The van der Waals surface area contributed by atoms with Crippen LogP contribution in [0.15, 0.2) is 0 Å². The molecule has 17 heavy (non-hydrogen) atoms. The Hall–Kier alpha value is -0.0800. The topological polar surface area (TPSA) is 15.3 Å². The maximum Gasteiger partial charge on any atom is 0.00222 e. The summed E-state index contributed by atoms with van der Waals surface area (Å²) in [6, 6.07) is 0. The molecule has 1 aliphatic heterocycles. The zero-order valence-electron chi connectivity index (χ0n) is 11.6. The van der Waals surface area contributed by atoms with Crippen LogP contribution < -0.4 is 5.32 Å². The van der Waals surface area contributed by atoms with E-state index in [1.807, 2.05) is 0 Å². The van der Waals surface area contributed by atoms with E-state index in [2.05, 4.69) is 17.1 Å². The fourth-order valence-corrected chi connectivity index (χ4v) is 3.45. The van der Waals surface area contributed by atoms with Gasteiger partial charge < -0.3 is 10.2 Å². The normalized spacial score (nSPS) is 27.7. The maximum atomic E-state index is 3.69. The Balaban J connectivity index is 1.48. The standard InChI is InChI=1S/C15H30N2/c1-2-17-11-9-15(13-17)12-16-10-8-14-6-4-3-5-7-14/h14-16H,2-13H2,1H3. The smallest absolute Gasteiger partial charge is 0.00222 e. The van der Waals surface area contributed by atoms with Crippen molar-refractivity contribution in [2.24, 2.45) is 11.8 Å². The molecule has 2 fully saturated rings. The van der Waals surface area contributed by atoms with Gasteiger partial charge in [-0.2, -0.15) is 0 Å². The zero-order chi connectivity index (χ0) is 11.9. The van der Waals surface area contributed by atoms with Gasteiger partial charge in [0.25, 0.3) is 0 Å². The molecule has 1 atom stereocenters. The number of likely N-dealkylation sites (tertiary alicyclic amines) is 1. The van der Waals surface area contributed by atoms with Gasteiger partial charge in [0, 0.05) is 6.54 Å². The molecule has 2 nitrogen and oxygen atoms in total. The van der Waals surface area contributed by atoms with Crippen LogP contribution in [0.4, 0.5) is 0 Å². The molecular formula is C15H30N2. The number of hydrogen-bond acceptors (Lipinski definition) is 2. The highest BCUT2D eigenvalue weighted by Crippen LogP contribution is 2.25. The van der Waals surface area contributed by atoms with Crippen molar-refractivity contribution in [2.45, 2.75) is 51.9 Å². The molecule has 1 heterocycles. The number of nitrogens with zero attached hydrogens (tertiary/aromatic N) is 1. The first-order chi connectivity index (χ1) is 8.38. The third-order valence-electron chi connectivity index (χ3n) is 4.70. The highest BCUT2D eigenvalue weighted by atomic mass is 15.1. The van der Waals surface area contributed by atoms with Crippen LogP contribution in [0.25, 0.3) is 0 Å². The van der Waals surface area contributed by atoms with E-state index in [0.29, 0.717) is 0 Å². The molecular weight excluding hydrogens is 208 g/mol. The predicted octanol–water partition coefficient (Wildman–Crippen LogP) is 2.89. The number of hydrogen-bond donors (Lipinski definition) is 1. The van der Waals surface area contributed by atoms with E-state index >= 15 is 0 Å². The Bertz CT molecular complexity index is 199. The Kier molecular flexibility index (Phi) is 5.79. The molecule has 1 aliphatic carbocycles. The summed E-state index contributed by atoms with van der Waals surface area (Å²) in [5, 5.41) is 3.69. The van der Waals surface area contributed by atoms with Crippen LogP contribution in [-0.2, 0) is 0 Å². The third kappa shape index (κ3) is 4.59. The number of nitrogens with one attached hydrogen (secondary N) is 1. The van der Waals surface area contributed by atoms with Gasteiger partial charge in [0.15, 0.2) is 0 Å². The van der Waals surface area contributed by atoms with Gasteiger partial charge in [0.1, 0.15) is 0 Å². The lowest BCUT2D eigenvalue weighted by molar-refractivity contribution is 0.322. The van der Waals surface area contributed by atoms with Gasteiger partial charge in [-0.1, -0.05) is 39.0 Å². The molecule has 1 saturated heterocycles. The molecule has 1 unspecified atom stereocenters. The van der Waals surface area contributed by atoms with Crippen molar-refractivity contribution in [3.8, 4) is 0 Å². The lowest BCUT2D eigenvalue weighted by atomic mass is 9.87. The first kappa shape index (κ1) is 13.4. The fourth-order valence-electron chi connectivity index (χ4n) is 3.45. The Morgan fingerprint density at radius 2 is 1.88 bits per heavy atom. The first-order valence-corrected chi connectivity index (χ1v) is 7.81. The minimum absolute atomic E-state index is 0.918. The molecule has 2 aliphatic rings. The largest absolute Gasteiger partial charge is 0.316 e. The van der Waals surface area contributed by atoms with Crippen molar-refractivity contribution in [1.29, 1.82) is 0 Å². The van der Waals surface area contributed by atoms with Crippen LogP contribution >= 0.6 is 0 Å². The molecule has 2 rings (SSSR count). The van der Waals surface area contributed by atoms with Gasteiger partial charge in [0.2, 0.25) is 0 Å². The van der Waals surface area contributed by atoms with Crippen molar-refractivity contribution in [1.82, 2.24) is 10.2 Å². The molecule has 0 aromatic heterocycles. The maximum absolute atomic E-state index is 3.69. The predicted molar refractivity (Wildman–Crippen MR) is 74.3 cm³/mol. The highest BCUT2D eigenvalue weighted by Gasteiger charge is 2.20. The highest BCUT2D eigenvalue weighted by molar-refractivity contribution is 4.76. The average Bonchev–Trinajstić information content (AvgIpc) is 2.84. The average molecular weight is 238 g/mol. The van der Waals surface area contributed by atoms with Crippen molar-refractivity contribution in [2.75, 3.05) is 32.7 Å². The molecule has 1 N–H and O–H groups in total. The van der Waals surface area contributed by atoms with Gasteiger partial charge in [0.05, 0.1) is 0 Å². The third-order valence-corrected chi connectivity index (χ3v) is 4.70. The van der Waals surface area contributed by atoms with Crippen molar-refractivity contribution >= 4 is 0 Å². The molecule has 2 heteroatoms. The molecule has 0 bridgehead atoms. The Morgan fingerprint density at radius 1 is 1.06 bits per heavy atom. The van der Waals surface area contributed by atoms with Gasteiger partial charge in [-0.05, 0) is 50.9 Å². The Morgan fingerprint density at radius 3 is 2.59 bits per heavy atom. The molecule has 0 radical (unpaired) electrons. The molecule has 0 amide bonds. The van der Waals surface area contributed by atoms with Crippen LogP contribution in [0.2, 0.25) is 0 Å². The second kappa shape index (κ2) is 7.38. The van der Waals surface area contributed by atoms with Crippen LogP contribution in [0, 0.1) is 11.8 Å². The second-order valence-corrected chi connectivity index (χ2v) is 6.04. The van der Waals surface area contributed by atoms with E-state index in [1.54, 1.807) is 0 Å². The molecule has 1 saturated carbocycles. The van der Waals surface area contributed by atoms with Crippen LogP contribution in [0.1, 0.15) is 51.9 Å². The molecule has 0 spiro atoms. The van der Waals surface area contributed by atoms with Gasteiger partial charge in [-0.3, -0.25) is 0 Å². The quantitative estimate of drug-likeness (QED) is 0.716. The van der Waals surface area contributed by atoms with Crippen molar-refractivity contribution < 1.29 is 0 Å². The van der Waals surface area contributed by atoms with E-state index in [1.165, 1.54) is 77.7 Å². The van der Waals surface area contributed by atoms with Crippen LogP contribution in [0.3, 0.4) is 0 Å². The van der Waals surface area contributed by atoms with E-state index in [9.17, 15) is 0 Å². The van der Waals surface area contributed by atoms with Crippen LogP contribution in [-0.4, -0.2) is 37.6 Å². The van der Waals surface area contributed by atoms with E-state index in [4.69, 9.17) is 0 Å². The van der Waals surface area contributed by atoms with Gasteiger partial charge >= 0.3 is 0 Å². The summed E-state index contributed by atoms with van der Waals surface area (Å²) in [5.41, 5.74) is 0. The summed E-state index contributed by atoms with van der Waals surface area (Å²) in [6.45, 7) is 8.67. The lowest BCUT2D eigenvalue weighted by Gasteiger charge is -2.22. The van der Waals surface area contributed by atoms with E-state index in [-0.39, 0.29) is 0 Å². The Labute approximate surface area is 107 Å². The van der Waals surface area contributed by atoms with Gasteiger partial charge in [-0.25, -0.2) is 0 Å². The lowest BCUT2D eigenvalue weighted by Crippen LogP contribution is -2.28.